The molecule has 2 rings (SSSR count). The number of hydrogen-bond donors (Lipinski definition) is 1. The highest BCUT2D eigenvalue weighted by Gasteiger charge is 2.15. The Hall–Kier alpha value is -1.33. The summed E-state index contributed by atoms with van der Waals surface area (Å²) in [5, 5.41) is 4.90. The van der Waals surface area contributed by atoms with E-state index in [1.807, 2.05) is 5.38 Å². The Morgan fingerprint density at radius 2 is 2.12 bits per heavy atom. The summed E-state index contributed by atoms with van der Waals surface area (Å²) in [4.78, 5) is 4.16. The predicted octanol–water partition coefficient (Wildman–Crippen LogP) is 2.73. The zero-order valence-electron chi connectivity index (χ0n) is 8.58. The van der Waals surface area contributed by atoms with Crippen LogP contribution >= 0.6 is 11.3 Å². The number of aromatic nitrogens is 1. The van der Waals surface area contributed by atoms with E-state index in [0.29, 0.717) is 5.56 Å². The van der Waals surface area contributed by atoms with Gasteiger partial charge in [-0.3, -0.25) is 0 Å². The molecule has 0 fully saturated rings. The van der Waals surface area contributed by atoms with Crippen LogP contribution in [0.2, 0.25) is 0 Å². The molecule has 0 aliphatic heterocycles. The van der Waals surface area contributed by atoms with E-state index in [-0.39, 0.29) is 6.04 Å². The van der Waals surface area contributed by atoms with Gasteiger partial charge in [0, 0.05) is 5.38 Å². The Kier molecular flexibility index (Phi) is 3.26. The molecule has 2 aromatic rings. The Balaban J connectivity index is 2.37. The molecule has 5 heteroatoms. The summed E-state index contributed by atoms with van der Waals surface area (Å²) >= 11 is 1.47. The molecule has 1 unspecified atom stereocenters. The number of thiazole rings is 1. The molecule has 0 aliphatic rings. The van der Waals surface area contributed by atoms with Gasteiger partial charge in [0.2, 0.25) is 0 Å². The van der Waals surface area contributed by atoms with Gasteiger partial charge in [0.25, 0.3) is 0 Å². The van der Waals surface area contributed by atoms with Crippen LogP contribution in [0.4, 0.5) is 8.78 Å². The van der Waals surface area contributed by atoms with Crippen molar-refractivity contribution in [2.75, 3.05) is 7.05 Å². The Morgan fingerprint density at radius 3 is 2.69 bits per heavy atom. The topological polar surface area (TPSA) is 24.9 Å². The smallest absolute Gasteiger partial charge is 0.159 e. The molecule has 1 atom stereocenters. The molecule has 2 nitrogen and oxygen atoms in total. The molecule has 0 radical (unpaired) electrons. The zero-order chi connectivity index (χ0) is 11.5. The number of halogens is 2. The summed E-state index contributed by atoms with van der Waals surface area (Å²) in [5.74, 6) is -1.68. The fraction of sp³-hybridized carbons (Fsp3) is 0.182. The molecule has 0 aliphatic carbocycles. The van der Waals surface area contributed by atoms with E-state index in [0.717, 1.165) is 11.8 Å². The molecule has 0 bridgehead atoms. The lowest BCUT2D eigenvalue weighted by Gasteiger charge is -2.14. The van der Waals surface area contributed by atoms with Crippen LogP contribution in [-0.4, -0.2) is 12.0 Å². The molecular weight excluding hydrogens is 230 g/mol. The Morgan fingerprint density at radius 1 is 1.31 bits per heavy atom. The summed E-state index contributed by atoms with van der Waals surface area (Å²) in [6, 6.07) is 3.66. The highest BCUT2D eigenvalue weighted by Crippen LogP contribution is 2.22. The van der Waals surface area contributed by atoms with Crippen LogP contribution in [0.3, 0.4) is 0 Å². The highest BCUT2D eigenvalue weighted by atomic mass is 32.1. The molecule has 84 valence electrons. The lowest BCUT2D eigenvalue weighted by atomic mass is 10.0. The van der Waals surface area contributed by atoms with Crippen LogP contribution in [0.1, 0.15) is 17.3 Å². The lowest BCUT2D eigenvalue weighted by molar-refractivity contribution is 0.504. The van der Waals surface area contributed by atoms with E-state index >= 15 is 0 Å². The third kappa shape index (κ3) is 2.10. The fourth-order valence-electron chi connectivity index (χ4n) is 1.54. The van der Waals surface area contributed by atoms with E-state index in [4.69, 9.17) is 0 Å². The van der Waals surface area contributed by atoms with Gasteiger partial charge in [0.1, 0.15) is 0 Å². The standard InChI is InChI=1S/C11H10F2N2S/c1-14-11(10-5-16-6-15-10)7-2-3-8(12)9(13)4-7/h2-6,11,14H,1H3. The minimum absolute atomic E-state index is 0.207. The monoisotopic (exact) mass is 240 g/mol. The third-order valence-corrected chi connectivity index (χ3v) is 2.92. The fourth-order valence-corrected chi connectivity index (χ4v) is 2.12. The first-order valence-corrected chi connectivity index (χ1v) is 5.67. The van der Waals surface area contributed by atoms with E-state index in [2.05, 4.69) is 10.3 Å². The van der Waals surface area contributed by atoms with Crippen molar-refractivity contribution in [2.45, 2.75) is 6.04 Å². The molecule has 16 heavy (non-hydrogen) atoms. The third-order valence-electron chi connectivity index (χ3n) is 2.31. The number of nitrogens with zero attached hydrogens (tertiary/aromatic N) is 1. The average Bonchev–Trinajstić information content (AvgIpc) is 2.78. The van der Waals surface area contributed by atoms with Gasteiger partial charge >= 0.3 is 0 Å². The molecule has 1 aromatic carbocycles. The van der Waals surface area contributed by atoms with Gasteiger partial charge in [-0.1, -0.05) is 6.07 Å². The Bertz CT molecular complexity index is 471. The van der Waals surface area contributed by atoms with E-state index in [1.54, 1.807) is 18.6 Å². The number of benzene rings is 1. The van der Waals surface area contributed by atoms with E-state index in [1.165, 1.54) is 17.4 Å². The van der Waals surface area contributed by atoms with Crippen LogP contribution in [-0.2, 0) is 0 Å². The molecule has 0 saturated heterocycles. The van der Waals surface area contributed by atoms with E-state index < -0.39 is 11.6 Å². The summed E-state index contributed by atoms with van der Waals surface area (Å²) in [6.45, 7) is 0. The zero-order valence-corrected chi connectivity index (χ0v) is 9.39. The summed E-state index contributed by atoms with van der Waals surface area (Å²) < 4.78 is 25.9. The lowest BCUT2D eigenvalue weighted by Crippen LogP contribution is -2.18. The van der Waals surface area contributed by atoms with Crippen LogP contribution < -0.4 is 5.32 Å². The normalized spacial score (nSPS) is 12.7. The molecular formula is C11H10F2N2S. The summed E-state index contributed by atoms with van der Waals surface area (Å²) in [7, 11) is 1.76. The van der Waals surface area contributed by atoms with Crippen molar-refractivity contribution in [1.82, 2.24) is 10.3 Å². The maximum atomic E-state index is 13.1. The quantitative estimate of drug-likeness (QED) is 0.892. The van der Waals surface area contributed by atoms with Gasteiger partial charge in [-0.05, 0) is 24.7 Å². The first-order chi connectivity index (χ1) is 7.72. The maximum absolute atomic E-state index is 13.1. The molecule has 1 heterocycles. The molecule has 0 saturated carbocycles. The number of hydrogen-bond acceptors (Lipinski definition) is 3. The second-order valence-electron chi connectivity index (χ2n) is 3.31. The predicted molar refractivity (Wildman–Crippen MR) is 59.4 cm³/mol. The van der Waals surface area contributed by atoms with Gasteiger partial charge in [-0.25, -0.2) is 13.8 Å². The van der Waals surface area contributed by atoms with Crippen LogP contribution in [0.25, 0.3) is 0 Å². The van der Waals surface area contributed by atoms with Crippen molar-refractivity contribution in [3.8, 4) is 0 Å². The second-order valence-corrected chi connectivity index (χ2v) is 4.03. The van der Waals surface area contributed by atoms with Gasteiger partial charge < -0.3 is 5.32 Å². The van der Waals surface area contributed by atoms with Crippen molar-refractivity contribution < 1.29 is 8.78 Å². The van der Waals surface area contributed by atoms with Crippen molar-refractivity contribution in [3.05, 3.63) is 52.0 Å². The van der Waals surface area contributed by atoms with Crippen LogP contribution in [0, 0.1) is 11.6 Å². The van der Waals surface area contributed by atoms with Gasteiger partial charge in [0.05, 0.1) is 17.2 Å². The van der Waals surface area contributed by atoms with Crippen molar-refractivity contribution in [2.24, 2.45) is 0 Å². The Labute approximate surface area is 96.0 Å². The van der Waals surface area contributed by atoms with Crippen molar-refractivity contribution in [3.63, 3.8) is 0 Å². The van der Waals surface area contributed by atoms with Gasteiger partial charge in [0.15, 0.2) is 11.6 Å². The van der Waals surface area contributed by atoms with Gasteiger partial charge in [-0.15, -0.1) is 11.3 Å². The minimum Gasteiger partial charge on any atom is -0.308 e. The van der Waals surface area contributed by atoms with Crippen LogP contribution in [0.15, 0.2) is 29.1 Å². The highest BCUT2D eigenvalue weighted by molar-refractivity contribution is 7.07. The number of rotatable bonds is 3. The summed E-state index contributed by atoms with van der Waals surface area (Å²) in [6.07, 6.45) is 0. The molecule has 0 amide bonds. The maximum Gasteiger partial charge on any atom is 0.159 e. The first-order valence-electron chi connectivity index (χ1n) is 4.72. The minimum atomic E-state index is -0.840. The van der Waals surface area contributed by atoms with Gasteiger partial charge in [-0.2, -0.15) is 0 Å². The average molecular weight is 240 g/mol. The van der Waals surface area contributed by atoms with Crippen molar-refractivity contribution >= 4 is 11.3 Å². The molecule has 1 N–H and O–H groups in total. The van der Waals surface area contributed by atoms with Crippen LogP contribution in [0.5, 0.6) is 0 Å². The van der Waals surface area contributed by atoms with E-state index in [9.17, 15) is 8.78 Å². The first kappa shape index (κ1) is 11.2. The second kappa shape index (κ2) is 4.67. The molecule has 0 spiro atoms. The summed E-state index contributed by atoms with van der Waals surface area (Å²) in [5.41, 5.74) is 3.17. The largest absolute Gasteiger partial charge is 0.308 e. The molecule has 1 aromatic heterocycles. The SMILES string of the molecule is CNC(c1ccc(F)c(F)c1)c1cscn1. The number of nitrogens with one attached hydrogen (secondary N) is 1. The van der Waals surface area contributed by atoms with Crippen molar-refractivity contribution in [1.29, 1.82) is 0 Å².